The molecular weight excluding hydrogens is 373 g/mol. The SMILES string of the molecule is O=[N+]([O-])c1ccc(N2CCCN(CCO)CC2)c(I)c1. The molecule has 2 rings (SSSR count). The van der Waals surface area contributed by atoms with Gasteiger partial charge in [0.05, 0.1) is 17.2 Å². The molecule has 1 heterocycles. The molecule has 0 saturated carbocycles. The first-order valence-corrected chi connectivity index (χ1v) is 7.72. The fraction of sp³-hybridized carbons (Fsp3) is 0.538. The van der Waals surface area contributed by atoms with Crippen LogP contribution in [0, 0.1) is 13.7 Å². The Bertz CT molecular complexity index is 484. The van der Waals surface area contributed by atoms with Crippen LogP contribution in [0.1, 0.15) is 6.42 Å². The first-order chi connectivity index (χ1) is 9.61. The number of hydrogen-bond donors (Lipinski definition) is 1. The van der Waals surface area contributed by atoms with Gasteiger partial charge in [-0.1, -0.05) is 0 Å². The Labute approximate surface area is 131 Å². The van der Waals surface area contributed by atoms with Gasteiger partial charge in [-0.2, -0.15) is 0 Å². The Morgan fingerprint density at radius 3 is 2.75 bits per heavy atom. The minimum atomic E-state index is -0.364. The second-order valence-electron chi connectivity index (χ2n) is 4.80. The van der Waals surface area contributed by atoms with Crippen molar-refractivity contribution in [3.8, 4) is 0 Å². The zero-order valence-corrected chi connectivity index (χ0v) is 13.3. The second kappa shape index (κ2) is 7.19. The summed E-state index contributed by atoms with van der Waals surface area (Å²) in [5.74, 6) is 0. The molecule has 0 atom stereocenters. The van der Waals surface area contributed by atoms with Gasteiger partial charge in [0.15, 0.2) is 0 Å². The van der Waals surface area contributed by atoms with Gasteiger partial charge in [0.2, 0.25) is 0 Å². The van der Waals surface area contributed by atoms with E-state index in [0.717, 1.165) is 41.9 Å². The predicted molar refractivity (Wildman–Crippen MR) is 86.2 cm³/mol. The molecule has 0 radical (unpaired) electrons. The van der Waals surface area contributed by atoms with E-state index in [0.29, 0.717) is 6.54 Å². The van der Waals surface area contributed by atoms with Gasteiger partial charge in [-0.05, 0) is 41.6 Å². The second-order valence-corrected chi connectivity index (χ2v) is 5.96. The van der Waals surface area contributed by atoms with Crippen LogP contribution < -0.4 is 4.90 Å². The molecule has 1 aliphatic heterocycles. The Balaban J connectivity index is 2.09. The highest BCUT2D eigenvalue weighted by atomic mass is 127. The molecule has 110 valence electrons. The van der Waals surface area contributed by atoms with Crippen LogP contribution in [0.5, 0.6) is 0 Å². The highest BCUT2D eigenvalue weighted by Crippen LogP contribution is 2.27. The lowest BCUT2D eigenvalue weighted by molar-refractivity contribution is -0.384. The van der Waals surface area contributed by atoms with Crippen LogP contribution in [-0.4, -0.2) is 54.3 Å². The summed E-state index contributed by atoms with van der Waals surface area (Å²) < 4.78 is 0.910. The third-order valence-electron chi connectivity index (χ3n) is 3.49. The van der Waals surface area contributed by atoms with Crippen molar-refractivity contribution in [2.24, 2.45) is 0 Å². The monoisotopic (exact) mass is 391 g/mol. The van der Waals surface area contributed by atoms with Gasteiger partial charge < -0.3 is 10.0 Å². The van der Waals surface area contributed by atoms with Crippen LogP contribution in [0.15, 0.2) is 18.2 Å². The predicted octanol–water partition coefficient (Wildman–Crippen LogP) is 1.70. The Hall–Kier alpha value is -0.930. The largest absolute Gasteiger partial charge is 0.395 e. The number of nitro benzene ring substituents is 1. The topological polar surface area (TPSA) is 69.9 Å². The minimum absolute atomic E-state index is 0.134. The summed E-state index contributed by atoms with van der Waals surface area (Å²) >= 11 is 2.16. The summed E-state index contributed by atoms with van der Waals surface area (Å²) in [6, 6.07) is 5.02. The van der Waals surface area contributed by atoms with Crippen LogP contribution in [0.2, 0.25) is 0 Å². The molecule has 1 aromatic carbocycles. The van der Waals surface area contributed by atoms with Gasteiger partial charge in [-0.15, -0.1) is 0 Å². The third kappa shape index (κ3) is 3.80. The normalized spacial score (nSPS) is 17.0. The zero-order valence-electron chi connectivity index (χ0n) is 11.2. The molecule has 20 heavy (non-hydrogen) atoms. The maximum Gasteiger partial charge on any atom is 0.270 e. The summed E-state index contributed by atoms with van der Waals surface area (Å²) in [5, 5.41) is 19.8. The van der Waals surface area contributed by atoms with Gasteiger partial charge in [-0.25, -0.2) is 0 Å². The van der Waals surface area contributed by atoms with E-state index in [2.05, 4.69) is 32.4 Å². The highest BCUT2D eigenvalue weighted by molar-refractivity contribution is 14.1. The van der Waals surface area contributed by atoms with Crippen molar-refractivity contribution >= 4 is 34.0 Å². The third-order valence-corrected chi connectivity index (χ3v) is 4.35. The van der Waals surface area contributed by atoms with E-state index in [1.165, 1.54) is 0 Å². The van der Waals surface area contributed by atoms with Crippen molar-refractivity contribution in [2.75, 3.05) is 44.2 Å². The lowest BCUT2D eigenvalue weighted by atomic mass is 10.2. The van der Waals surface area contributed by atoms with E-state index in [4.69, 9.17) is 5.11 Å². The Kier molecular flexibility index (Phi) is 5.55. The van der Waals surface area contributed by atoms with E-state index in [9.17, 15) is 10.1 Å². The molecule has 1 aliphatic rings. The van der Waals surface area contributed by atoms with E-state index < -0.39 is 0 Å². The number of nitrogens with zero attached hydrogens (tertiary/aromatic N) is 3. The van der Waals surface area contributed by atoms with Crippen LogP contribution in [-0.2, 0) is 0 Å². The van der Waals surface area contributed by atoms with Gasteiger partial charge in [-0.3, -0.25) is 15.0 Å². The van der Waals surface area contributed by atoms with Gasteiger partial charge in [0.25, 0.3) is 5.69 Å². The van der Waals surface area contributed by atoms with E-state index in [1.54, 1.807) is 12.1 Å². The molecule has 0 spiro atoms. The molecule has 1 fully saturated rings. The van der Waals surface area contributed by atoms with Crippen LogP contribution in [0.4, 0.5) is 11.4 Å². The number of aliphatic hydroxyl groups is 1. The maximum atomic E-state index is 10.8. The van der Waals surface area contributed by atoms with E-state index in [1.807, 2.05) is 6.07 Å². The average Bonchev–Trinajstić information content (AvgIpc) is 2.65. The standard InChI is InChI=1S/C13H18IN3O3/c14-12-10-11(17(19)20)2-3-13(12)16-5-1-4-15(6-7-16)8-9-18/h2-3,10,18H,1,4-9H2. The molecular formula is C13H18IN3O3. The number of nitro groups is 1. The summed E-state index contributed by atoms with van der Waals surface area (Å²) in [4.78, 5) is 14.9. The average molecular weight is 391 g/mol. The molecule has 0 amide bonds. The first-order valence-electron chi connectivity index (χ1n) is 6.64. The Morgan fingerprint density at radius 1 is 1.30 bits per heavy atom. The molecule has 1 saturated heterocycles. The van der Waals surface area contributed by atoms with Crippen LogP contribution in [0.3, 0.4) is 0 Å². The fourth-order valence-corrected chi connectivity index (χ4v) is 3.28. The number of aliphatic hydroxyl groups excluding tert-OH is 1. The maximum absolute atomic E-state index is 10.8. The lowest BCUT2D eigenvalue weighted by Gasteiger charge is -2.24. The lowest BCUT2D eigenvalue weighted by Crippen LogP contribution is -2.32. The molecule has 0 aromatic heterocycles. The fourth-order valence-electron chi connectivity index (χ4n) is 2.44. The quantitative estimate of drug-likeness (QED) is 0.481. The Morgan fingerprint density at radius 2 is 2.10 bits per heavy atom. The molecule has 0 unspecified atom stereocenters. The number of benzene rings is 1. The van der Waals surface area contributed by atoms with Crippen molar-refractivity contribution in [3.05, 3.63) is 31.9 Å². The minimum Gasteiger partial charge on any atom is -0.395 e. The molecule has 7 heteroatoms. The number of rotatable bonds is 4. The zero-order chi connectivity index (χ0) is 14.5. The molecule has 0 aliphatic carbocycles. The van der Waals surface area contributed by atoms with Crippen molar-refractivity contribution in [1.82, 2.24) is 4.90 Å². The number of anilines is 1. The van der Waals surface area contributed by atoms with E-state index >= 15 is 0 Å². The van der Waals surface area contributed by atoms with Gasteiger partial charge >= 0.3 is 0 Å². The number of β-amino-alcohol motifs (C(OH)–C–C–N with tert-alkyl or cyclic N) is 1. The molecule has 0 bridgehead atoms. The summed E-state index contributed by atoms with van der Waals surface area (Å²) in [7, 11) is 0. The number of hydrogen-bond acceptors (Lipinski definition) is 5. The number of halogens is 1. The van der Waals surface area contributed by atoms with Gasteiger partial charge in [0.1, 0.15) is 0 Å². The molecule has 1 N–H and O–H groups in total. The molecule has 6 nitrogen and oxygen atoms in total. The van der Waals surface area contributed by atoms with Gasteiger partial charge in [0, 0.05) is 41.9 Å². The summed E-state index contributed by atoms with van der Waals surface area (Å²) in [6.45, 7) is 4.62. The molecule has 1 aromatic rings. The van der Waals surface area contributed by atoms with Crippen LogP contribution >= 0.6 is 22.6 Å². The van der Waals surface area contributed by atoms with Crippen molar-refractivity contribution in [3.63, 3.8) is 0 Å². The van der Waals surface area contributed by atoms with Crippen LogP contribution in [0.25, 0.3) is 0 Å². The van der Waals surface area contributed by atoms with Crippen molar-refractivity contribution in [1.29, 1.82) is 0 Å². The van der Waals surface area contributed by atoms with Crippen molar-refractivity contribution < 1.29 is 10.0 Å². The number of non-ortho nitro benzene ring substituents is 1. The van der Waals surface area contributed by atoms with Crippen molar-refractivity contribution in [2.45, 2.75) is 6.42 Å². The van der Waals surface area contributed by atoms with E-state index in [-0.39, 0.29) is 17.2 Å². The summed E-state index contributed by atoms with van der Waals surface area (Å²) in [5.41, 5.74) is 1.19. The summed E-state index contributed by atoms with van der Waals surface area (Å²) in [6.07, 6.45) is 1.03. The first kappa shape index (κ1) is 15.5. The smallest absolute Gasteiger partial charge is 0.270 e. The highest BCUT2D eigenvalue weighted by Gasteiger charge is 2.18.